The molecule has 120 valence electrons. The maximum atomic E-state index is 12.1. The van der Waals surface area contributed by atoms with Gasteiger partial charge in [0.2, 0.25) is 0 Å². The molecule has 0 radical (unpaired) electrons. The molecule has 0 spiro atoms. The number of carbonyl (C=O) groups is 1. The summed E-state index contributed by atoms with van der Waals surface area (Å²) in [4.78, 5) is 13.6. The topological polar surface area (TPSA) is 75.7 Å². The number of ether oxygens (including phenoxy) is 2. The molecule has 1 heterocycles. The van der Waals surface area contributed by atoms with Crippen molar-refractivity contribution in [3.8, 4) is 17.6 Å². The molecule has 23 heavy (non-hydrogen) atoms. The van der Waals surface area contributed by atoms with E-state index in [9.17, 15) is 4.79 Å². The van der Waals surface area contributed by atoms with Gasteiger partial charge in [0.05, 0.1) is 31.0 Å². The Morgan fingerprint density at radius 1 is 1.30 bits per heavy atom. The Kier molecular flexibility index (Phi) is 5.64. The van der Waals surface area contributed by atoms with Crippen molar-refractivity contribution in [3.63, 3.8) is 0 Å². The summed E-state index contributed by atoms with van der Waals surface area (Å²) >= 11 is 0. The van der Waals surface area contributed by atoms with Crippen LogP contribution in [0.4, 0.5) is 0 Å². The van der Waals surface area contributed by atoms with Crippen LogP contribution in [0.2, 0.25) is 0 Å². The number of carbonyl (C=O) groups excluding carboxylic acids is 1. The molecule has 0 bridgehead atoms. The fourth-order valence-electron chi connectivity index (χ4n) is 1.94. The molecule has 1 aromatic heterocycles. The van der Waals surface area contributed by atoms with Gasteiger partial charge in [-0.1, -0.05) is 0 Å². The van der Waals surface area contributed by atoms with Crippen molar-refractivity contribution in [2.75, 3.05) is 20.3 Å². The largest absolute Gasteiger partial charge is 0.490 e. The van der Waals surface area contributed by atoms with Crippen LogP contribution in [0.5, 0.6) is 11.5 Å². The summed E-state index contributed by atoms with van der Waals surface area (Å²) in [6, 6.07) is 10.5. The van der Waals surface area contributed by atoms with Gasteiger partial charge in [0.25, 0.3) is 5.91 Å². The van der Waals surface area contributed by atoms with Gasteiger partial charge in [-0.25, -0.2) is 0 Å². The molecule has 1 aromatic carbocycles. The van der Waals surface area contributed by atoms with Crippen LogP contribution in [0.1, 0.15) is 18.2 Å². The molecular formula is C17H18N2O4. The zero-order valence-corrected chi connectivity index (χ0v) is 13.1. The van der Waals surface area contributed by atoms with Crippen LogP contribution in [0.15, 0.2) is 41.0 Å². The molecule has 0 saturated heterocycles. The molecule has 0 unspecified atom stereocenters. The Morgan fingerprint density at radius 3 is 2.78 bits per heavy atom. The third kappa shape index (κ3) is 4.51. The van der Waals surface area contributed by atoms with Crippen LogP contribution in [-0.4, -0.2) is 31.1 Å². The SMILES string of the molecule is CCOc1cc(C#N)ccc1OCC(=O)N(C)Cc1ccco1. The van der Waals surface area contributed by atoms with Crippen LogP contribution < -0.4 is 9.47 Å². The van der Waals surface area contributed by atoms with E-state index < -0.39 is 0 Å². The first-order valence-corrected chi connectivity index (χ1v) is 7.20. The molecular weight excluding hydrogens is 296 g/mol. The zero-order valence-electron chi connectivity index (χ0n) is 13.1. The van der Waals surface area contributed by atoms with Crippen LogP contribution >= 0.6 is 0 Å². The second-order valence-corrected chi connectivity index (χ2v) is 4.82. The minimum absolute atomic E-state index is 0.122. The minimum atomic E-state index is -0.187. The van der Waals surface area contributed by atoms with E-state index in [1.54, 1.807) is 43.6 Å². The van der Waals surface area contributed by atoms with E-state index in [2.05, 4.69) is 0 Å². The molecule has 0 aliphatic rings. The van der Waals surface area contributed by atoms with Gasteiger partial charge < -0.3 is 18.8 Å². The lowest BCUT2D eigenvalue weighted by Crippen LogP contribution is -2.30. The highest BCUT2D eigenvalue weighted by atomic mass is 16.5. The van der Waals surface area contributed by atoms with Crippen LogP contribution in [0.25, 0.3) is 0 Å². The molecule has 0 fully saturated rings. The van der Waals surface area contributed by atoms with Crippen molar-refractivity contribution in [3.05, 3.63) is 47.9 Å². The lowest BCUT2D eigenvalue weighted by atomic mass is 10.2. The van der Waals surface area contributed by atoms with Crippen molar-refractivity contribution in [1.82, 2.24) is 4.90 Å². The van der Waals surface area contributed by atoms with E-state index in [0.717, 1.165) is 0 Å². The van der Waals surface area contributed by atoms with Gasteiger partial charge in [0.1, 0.15) is 5.76 Å². The Morgan fingerprint density at radius 2 is 2.13 bits per heavy atom. The highest BCUT2D eigenvalue weighted by Gasteiger charge is 2.13. The van der Waals surface area contributed by atoms with Gasteiger partial charge in [-0.2, -0.15) is 5.26 Å². The van der Waals surface area contributed by atoms with E-state index in [-0.39, 0.29) is 12.5 Å². The second-order valence-electron chi connectivity index (χ2n) is 4.82. The van der Waals surface area contributed by atoms with Gasteiger partial charge in [-0.15, -0.1) is 0 Å². The summed E-state index contributed by atoms with van der Waals surface area (Å²) in [5, 5.41) is 8.92. The van der Waals surface area contributed by atoms with Gasteiger partial charge in [0, 0.05) is 13.1 Å². The fraction of sp³-hybridized carbons (Fsp3) is 0.294. The highest BCUT2D eigenvalue weighted by Crippen LogP contribution is 2.28. The summed E-state index contributed by atoms with van der Waals surface area (Å²) in [6.07, 6.45) is 1.56. The number of furan rings is 1. The first-order chi connectivity index (χ1) is 11.1. The van der Waals surface area contributed by atoms with Crippen molar-refractivity contribution < 1.29 is 18.7 Å². The predicted molar refractivity (Wildman–Crippen MR) is 83.0 cm³/mol. The molecule has 1 amide bonds. The molecule has 2 aromatic rings. The van der Waals surface area contributed by atoms with Gasteiger partial charge >= 0.3 is 0 Å². The Bertz CT molecular complexity index is 689. The standard InChI is InChI=1S/C17H18N2O4/c1-3-21-16-9-13(10-18)6-7-15(16)23-12-17(20)19(2)11-14-5-4-8-22-14/h4-9H,3,11-12H2,1-2H3. The van der Waals surface area contributed by atoms with Crippen LogP contribution in [0.3, 0.4) is 0 Å². The van der Waals surface area contributed by atoms with E-state index in [0.29, 0.717) is 36.0 Å². The summed E-state index contributed by atoms with van der Waals surface area (Å²) in [5.74, 6) is 1.40. The third-order valence-corrected chi connectivity index (χ3v) is 3.12. The molecule has 0 aliphatic carbocycles. The predicted octanol–water partition coefficient (Wildman–Crippen LogP) is 2.59. The Balaban J connectivity index is 1.96. The molecule has 6 heteroatoms. The maximum Gasteiger partial charge on any atom is 0.260 e. The highest BCUT2D eigenvalue weighted by molar-refractivity contribution is 5.77. The van der Waals surface area contributed by atoms with Crippen molar-refractivity contribution in [2.24, 2.45) is 0 Å². The molecule has 6 nitrogen and oxygen atoms in total. The average Bonchev–Trinajstić information content (AvgIpc) is 3.06. The Hall–Kier alpha value is -2.94. The number of rotatable bonds is 7. The van der Waals surface area contributed by atoms with E-state index in [1.165, 1.54) is 4.90 Å². The number of hydrogen-bond acceptors (Lipinski definition) is 5. The number of hydrogen-bond donors (Lipinski definition) is 0. The number of nitriles is 1. The first-order valence-electron chi connectivity index (χ1n) is 7.20. The van der Waals surface area contributed by atoms with E-state index in [1.807, 2.05) is 13.0 Å². The van der Waals surface area contributed by atoms with Gasteiger partial charge in [-0.05, 0) is 31.2 Å². The Labute approximate surface area is 134 Å². The maximum absolute atomic E-state index is 12.1. The zero-order chi connectivity index (χ0) is 16.7. The number of amides is 1. The third-order valence-electron chi connectivity index (χ3n) is 3.12. The number of benzene rings is 1. The lowest BCUT2D eigenvalue weighted by Gasteiger charge is -2.17. The normalized spacial score (nSPS) is 9.96. The molecule has 2 rings (SSSR count). The molecule has 0 aliphatic heterocycles. The second kappa shape index (κ2) is 7.90. The summed E-state index contributed by atoms with van der Waals surface area (Å²) in [7, 11) is 1.68. The first kappa shape index (κ1) is 16.4. The van der Waals surface area contributed by atoms with E-state index in [4.69, 9.17) is 19.2 Å². The molecule has 0 atom stereocenters. The quantitative estimate of drug-likeness (QED) is 0.785. The van der Waals surface area contributed by atoms with Gasteiger partial charge in [0.15, 0.2) is 18.1 Å². The number of likely N-dealkylation sites (N-methyl/N-ethyl adjacent to an activating group) is 1. The minimum Gasteiger partial charge on any atom is -0.490 e. The molecule has 0 N–H and O–H groups in total. The summed E-state index contributed by atoms with van der Waals surface area (Å²) < 4.78 is 16.2. The van der Waals surface area contributed by atoms with Crippen LogP contribution in [-0.2, 0) is 11.3 Å². The van der Waals surface area contributed by atoms with E-state index >= 15 is 0 Å². The monoisotopic (exact) mass is 314 g/mol. The van der Waals surface area contributed by atoms with Crippen molar-refractivity contribution in [1.29, 1.82) is 5.26 Å². The van der Waals surface area contributed by atoms with Crippen molar-refractivity contribution in [2.45, 2.75) is 13.5 Å². The smallest absolute Gasteiger partial charge is 0.260 e. The number of nitrogens with zero attached hydrogens (tertiary/aromatic N) is 2. The summed E-state index contributed by atoms with van der Waals surface area (Å²) in [5.41, 5.74) is 0.474. The average molecular weight is 314 g/mol. The van der Waals surface area contributed by atoms with Crippen molar-refractivity contribution >= 4 is 5.91 Å². The van der Waals surface area contributed by atoms with Gasteiger partial charge in [-0.3, -0.25) is 4.79 Å². The lowest BCUT2D eigenvalue weighted by molar-refractivity contribution is -0.132. The fourth-order valence-corrected chi connectivity index (χ4v) is 1.94. The molecule has 0 saturated carbocycles. The van der Waals surface area contributed by atoms with Crippen LogP contribution in [0, 0.1) is 11.3 Å². The summed E-state index contributed by atoms with van der Waals surface area (Å²) in [6.45, 7) is 2.53.